The number of hydrogen-bond acceptors (Lipinski definition) is 3. The second-order valence-corrected chi connectivity index (χ2v) is 5.48. The Morgan fingerprint density at radius 2 is 1.88 bits per heavy atom. The van der Waals surface area contributed by atoms with E-state index in [4.69, 9.17) is 10.2 Å². The Bertz CT molecular complexity index is 443. The van der Waals surface area contributed by atoms with Crippen LogP contribution in [0.1, 0.15) is 50.6 Å². The van der Waals surface area contributed by atoms with Gasteiger partial charge in [0.05, 0.1) is 0 Å². The van der Waals surface area contributed by atoms with Crippen LogP contribution in [0, 0.1) is 5.92 Å². The van der Waals surface area contributed by atoms with Crippen LogP contribution in [-0.4, -0.2) is 22.2 Å². The molecule has 0 aliphatic heterocycles. The molecule has 92 valence electrons. The summed E-state index contributed by atoms with van der Waals surface area (Å²) in [5.74, 6) is -1.55. The van der Waals surface area contributed by atoms with Crippen LogP contribution in [0.15, 0.2) is 6.07 Å². The largest absolute Gasteiger partial charge is 0.477 e. The number of aromatic carboxylic acids is 2. The van der Waals surface area contributed by atoms with Crippen LogP contribution in [0.25, 0.3) is 0 Å². The average Bonchev–Trinajstić information content (AvgIpc) is 2.87. The Balaban J connectivity index is 2.23. The van der Waals surface area contributed by atoms with E-state index in [1.807, 2.05) is 0 Å². The Hall–Kier alpha value is -1.36. The standard InChI is InChI=1S/C12H14O4S/c13-11(14)9-6-8(10(17-9)12(15)16)5-7-3-1-2-4-7/h6-7H,1-5H2,(H,13,14)(H,15,16). The zero-order valence-corrected chi connectivity index (χ0v) is 10.1. The van der Waals surface area contributed by atoms with Crippen molar-refractivity contribution in [3.05, 3.63) is 21.4 Å². The highest BCUT2D eigenvalue weighted by Gasteiger charge is 2.23. The third-order valence-electron chi connectivity index (χ3n) is 3.20. The molecular weight excluding hydrogens is 240 g/mol. The van der Waals surface area contributed by atoms with Gasteiger partial charge in [-0.25, -0.2) is 9.59 Å². The van der Waals surface area contributed by atoms with Crippen molar-refractivity contribution in [3.63, 3.8) is 0 Å². The lowest BCUT2D eigenvalue weighted by Crippen LogP contribution is -2.03. The van der Waals surface area contributed by atoms with E-state index in [2.05, 4.69) is 0 Å². The summed E-state index contributed by atoms with van der Waals surface area (Å²) in [5, 5.41) is 17.9. The minimum absolute atomic E-state index is 0.121. The van der Waals surface area contributed by atoms with Crippen LogP contribution < -0.4 is 0 Å². The zero-order valence-electron chi connectivity index (χ0n) is 9.31. The Morgan fingerprint density at radius 3 is 2.41 bits per heavy atom. The molecule has 2 rings (SSSR count). The molecule has 1 heterocycles. The van der Waals surface area contributed by atoms with Crippen molar-refractivity contribution < 1.29 is 19.8 Å². The van der Waals surface area contributed by atoms with Gasteiger partial charge < -0.3 is 10.2 Å². The first-order valence-corrected chi connectivity index (χ1v) is 6.49. The van der Waals surface area contributed by atoms with Crippen molar-refractivity contribution in [1.82, 2.24) is 0 Å². The summed E-state index contributed by atoms with van der Waals surface area (Å²) < 4.78 is 0. The van der Waals surface area contributed by atoms with Crippen molar-refractivity contribution in [2.24, 2.45) is 5.92 Å². The molecule has 1 fully saturated rings. The second-order valence-electron chi connectivity index (χ2n) is 4.43. The summed E-state index contributed by atoms with van der Waals surface area (Å²) in [6, 6.07) is 1.52. The smallest absolute Gasteiger partial charge is 0.346 e. The van der Waals surface area contributed by atoms with Gasteiger partial charge >= 0.3 is 11.9 Å². The van der Waals surface area contributed by atoms with Crippen LogP contribution in [0.2, 0.25) is 0 Å². The third-order valence-corrected chi connectivity index (χ3v) is 4.35. The molecule has 0 saturated heterocycles. The first-order valence-electron chi connectivity index (χ1n) is 5.67. The molecule has 1 aromatic heterocycles. The minimum Gasteiger partial charge on any atom is -0.477 e. The summed E-state index contributed by atoms with van der Waals surface area (Å²) in [4.78, 5) is 22.2. The van der Waals surface area contributed by atoms with Gasteiger partial charge in [-0.1, -0.05) is 25.7 Å². The van der Waals surface area contributed by atoms with Crippen LogP contribution in [-0.2, 0) is 6.42 Å². The molecule has 1 saturated carbocycles. The summed E-state index contributed by atoms with van der Waals surface area (Å²) in [6.07, 6.45) is 5.34. The Morgan fingerprint density at radius 1 is 1.24 bits per heavy atom. The van der Waals surface area contributed by atoms with Gasteiger partial charge in [-0.2, -0.15) is 0 Å². The summed E-state index contributed by atoms with van der Waals surface area (Å²) in [7, 11) is 0. The molecule has 4 nitrogen and oxygen atoms in total. The number of carboxylic acids is 2. The average molecular weight is 254 g/mol. The van der Waals surface area contributed by atoms with Crippen molar-refractivity contribution in [2.45, 2.75) is 32.1 Å². The second kappa shape index (κ2) is 4.87. The van der Waals surface area contributed by atoms with Crippen LogP contribution >= 0.6 is 11.3 Å². The molecule has 5 heteroatoms. The molecule has 0 bridgehead atoms. The van der Waals surface area contributed by atoms with Gasteiger partial charge in [-0.3, -0.25) is 0 Å². The quantitative estimate of drug-likeness (QED) is 0.866. The van der Waals surface area contributed by atoms with Crippen molar-refractivity contribution in [2.75, 3.05) is 0 Å². The molecule has 0 radical (unpaired) electrons. The van der Waals surface area contributed by atoms with Crippen molar-refractivity contribution in [3.8, 4) is 0 Å². The van der Waals surface area contributed by atoms with Gasteiger partial charge in [0.2, 0.25) is 0 Å². The third kappa shape index (κ3) is 2.66. The molecule has 0 unspecified atom stereocenters. The van der Waals surface area contributed by atoms with E-state index < -0.39 is 11.9 Å². The Kier molecular flexibility index (Phi) is 3.47. The molecular formula is C12H14O4S. The minimum atomic E-state index is -1.05. The lowest BCUT2D eigenvalue weighted by Gasteiger charge is -2.07. The van der Waals surface area contributed by atoms with Crippen molar-refractivity contribution in [1.29, 1.82) is 0 Å². The Labute approximate surface area is 103 Å². The van der Waals surface area contributed by atoms with Gasteiger partial charge in [0.1, 0.15) is 9.75 Å². The maximum Gasteiger partial charge on any atom is 0.346 e. The van der Waals surface area contributed by atoms with Gasteiger partial charge in [0, 0.05) is 0 Å². The highest BCUT2D eigenvalue weighted by Crippen LogP contribution is 2.32. The van der Waals surface area contributed by atoms with E-state index in [9.17, 15) is 9.59 Å². The van der Waals surface area contributed by atoms with E-state index in [0.29, 0.717) is 17.9 Å². The fourth-order valence-corrected chi connectivity index (χ4v) is 3.26. The first kappa shape index (κ1) is 12.1. The summed E-state index contributed by atoms with van der Waals surface area (Å²) >= 11 is 0.860. The number of carbonyl (C=O) groups is 2. The molecule has 0 amide bonds. The number of carboxylic acid groups (broad SMARTS) is 2. The molecule has 0 aromatic carbocycles. The summed E-state index contributed by atoms with van der Waals surface area (Å²) in [6.45, 7) is 0. The van der Waals surface area contributed by atoms with E-state index in [1.54, 1.807) is 0 Å². The lowest BCUT2D eigenvalue weighted by molar-refractivity contribution is 0.0692. The van der Waals surface area contributed by atoms with Crippen LogP contribution in [0.4, 0.5) is 0 Å². The van der Waals surface area contributed by atoms with Gasteiger partial charge in [0.15, 0.2) is 0 Å². The molecule has 0 spiro atoms. The van der Waals surface area contributed by atoms with E-state index in [0.717, 1.165) is 24.2 Å². The molecule has 1 aliphatic carbocycles. The van der Waals surface area contributed by atoms with E-state index in [1.165, 1.54) is 18.9 Å². The fraction of sp³-hybridized carbons (Fsp3) is 0.500. The van der Waals surface area contributed by atoms with Gasteiger partial charge in [-0.05, 0) is 24.0 Å². The molecule has 17 heavy (non-hydrogen) atoms. The SMILES string of the molecule is O=C(O)c1cc(CC2CCCC2)c(C(=O)O)s1. The lowest BCUT2D eigenvalue weighted by atomic mass is 9.98. The predicted molar refractivity (Wildman–Crippen MR) is 63.9 cm³/mol. The maximum absolute atomic E-state index is 11.0. The maximum atomic E-state index is 11.0. The normalized spacial score (nSPS) is 16.2. The molecule has 0 atom stereocenters. The number of hydrogen-bond donors (Lipinski definition) is 2. The number of rotatable bonds is 4. The van der Waals surface area contributed by atoms with Gasteiger partial charge in [0.25, 0.3) is 0 Å². The van der Waals surface area contributed by atoms with Crippen LogP contribution in [0.5, 0.6) is 0 Å². The molecule has 2 N–H and O–H groups in total. The highest BCUT2D eigenvalue weighted by atomic mass is 32.1. The van der Waals surface area contributed by atoms with Gasteiger partial charge in [-0.15, -0.1) is 11.3 Å². The molecule has 1 aromatic rings. The first-order chi connectivity index (χ1) is 8.08. The monoisotopic (exact) mass is 254 g/mol. The van der Waals surface area contributed by atoms with E-state index >= 15 is 0 Å². The van der Waals surface area contributed by atoms with Crippen molar-refractivity contribution >= 4 is 23.3 Å². The van der Waals surface area contributed by atoms with Crippen LogP contribution in [0.3, 0.4) is 0 Å². The predicted octanol–water partition coefficient (Wildman–Crippen LogP) is 2.88. The van der Waals surface area contributed by atoms with E-state index in [-0.39, 0.29) is 9.75 Å². The zero-order chi connectivity index (χ0) is 12.4. The molecule has 1 aliphatic rings. The summed E-state index contributed by atoms with van der Waals surface area (Å²) in [5.41, 5.74) is 0.687. The highest BCUT2D eigenvalue weighted by molar-refractivity contribution is 7.16. The number of thiophene rings is 1. The topological polar surface area (TPSA) is 74.6 Å². The fourth-order valence-electron chi connectivity index (χ4n) is 2.39.